The zero-order valence-corrected chi connectivity index (χ0v) is 33.6. The van der Waals surface area contributed by atoms with Crippen molar-refractivity contribution in [2.75, 3.05) is 44.8 Å². The summed E-state index contributed by atoms with van der Waals surface area (Å²) in [4.78, 5) is 2.70. The average Bonchev–Trinajstić information content (AvgIpc) is 3.26. The molecule has 0 amide bonds. The van der Waals surface area contributed by atoms with Gasteiger partial charge in [-0.3, -0.25) is 0 Å². The predicted octanol–water partition coefficient (Wildman–Crippen LogP) is 9.37. The summed E-state index contributed by atoms with van der Waals surface area (Å²) >= 11 is 0. The van der Waals surface area contributed by atoms with Crippen molar-refractivity contribution in [1.82, 2.24) is 4.58 Å². The van der Waals surface area contributed by atoms with E-state index in [1.807, 2.05) is 7.11 Å². The summed E-state index contributed by atoms with van der Waals surface area (Å²) < 4.78 is 15.6. The van der Waals surface area contributed by atoms with Crippen LogP contribution in [-0.4, -0.2) is 39.9 Å². The maximum atomic E-state index is 6.93. The number of allylic oxidation sites excluding steroid dienone is 2. The van der Waals surface area contributed by atoms with Crippen LogP contribution in [0.2, 0.25) is 0 Å². The third-order valence-electron chi connectivity index (χ3n) is 14.9. The molecule has 6 aromatic carbocycles. The first-order valence-electron chi connectivity index (χ1n) is 22.1. The first kappa shape index (κ1) is 33.5. The molecule has 0 fully saturated rings. The number of para-hydroxylation sites is 2. The van der Waals surface area contributed by atoms with Crippen molar-refractivity contribution in [3.63, 3.8) is 0 Å². The number of rotatable bonds is 3. The highest BCUT2D eigenvalue weighted by Crippen LogP contribution is 2.59. The number of hydrogen-bond donors (Lipinski definition) is 0. The van der Waals surface area contributed by atoms with Gasteiger partial charge in [0.15, 0.2) is 0 Å². The van der Waals surface area contributed by atoms with E-state index in [1.165, 1.54) is 134 Å². The minimum absolute atomic E-state index is 0.601. The van der Waals surface area contributed by atoms with E-state index < -0.39 is 5.41 Å². The average molecular weight is 758 g/mol. The number of anilines is 1. The highest BCUT2D eigenvalue weighted by atomic mass is 16.5. The molecule has 1 spiro atoms. The van der Waals surface area contributed by atoms with Crippen LogP contribution in [0.25, 0.3) is 27.1 Å². The third-order valence-corrected chi connectivity index (χ3v) is 14.9. The summed E-state index contributed by atoms with van der Waals surface area (Å²) in [5.74, 6) is 1.91. The molecule has 4 heteroatoms. The first-order chi connectivity index (χ1) is 28.7. The predicted molar refractivity (Wildman–Crippen MR) is 235 cm³/mol. The quantitative estimate of drug-likeness (QED) is 0.168. The largest absolute Gasteiger partial charge is 0.457 e. The van der Waals surface area contributed by atoms with E-state index in [0.717, 1.165) is 50.0 Å². The smallest absolute Gasteiger partial charge is 0.206 e. The van der Waals surface area contributed by atoms with Gasteiger partial charge in [0.2, 0.25) is 5.36 Å². The molecule has 6 aromatic rings. The fourth-order valence-electron chi connectivity index (χ4n) is 12.8. The zero-order chi connectivity index (χ0) is 38.1. The van der Waals surface area contributed by atoms with Gasteiger partial charge in [0.25, 0.3) is 0 Å². The number of aryl methyl sites for hydroxylation is 4. The van der Waals surface area contributed by atoms with E-state index in [2.05, 4.69) is 107 Å². The van der Waals surface area contributed by atoms with Crippen LogP contribution in [0.4, 0.5) is 5.69 Å². The molecule has 0 unspecified atom stereocenters. The van der Waals surface area contributed by atoms with Crippen LogP contribution in [-0.2, 0) is 35.8 Å². The van der Waals surface area contributed by atoms with Gasteiger partial charge in [-0.05, 0) is 171 Å². The van der Waals surface area contributed by atoms with Gasteiger partial charge in [-0.2, -0.15) is 0 Å². The molecular formula is C54H49N2O2+. The van der Waals surface area contributed by atoms with Crippen molar-refractivity contribution >= 4 is 32.8 Å². The number of nitrogens with zero attached hydrogens (tertiary/aromatic N) is 2. The molecule has 58 heavy (non-hydrogen) atoms. The Bertz CT molecular complexity index is 2970. The summed E-state index contributed by atoms with van der Waals surface area (Å²) in [6, 6.07) is 33.6. The van der Waals surface area contributed by atoms with Gasteiger partial charge in [-0.25, -0.2) is 4.58 Å². The molecule has 2 aliphatic carbocycles. The summed E-state index contributed by atoms with van der Waals surface area (Å²) in [5, 5.41) is 8.51. The van der Waals surface area contributed by atoms with Crippen molar-refractivity contribution in [2.45, 2.75) is 69.6 Å². The molecule has 4 nitrogen and oxygen atoms in total. The van der Waals surface area contributed by atoms with Crippen molar-refractivity contribution in [1.29, 1.82) is 0 Å². The highest BCUT2D eigenvalue weighted by molar-refractivity contribution is 6.02. The second-order valence-corrected chi connectivity index (χ2v) is 17.9. The second kappa shape index (κ2) is 12.5. The molecule has 13 rings (SSSR count). The fraction of sp³-hybridized carbons (Fsp3) is 0.315. The normalized spacial score (nSPS) is 19.4. The molecule has 0 N–H and O–H groups in total. The number of ether oxygens (including phenoxy) is 2. The summed E-state index contributed by atoms with van der Waals surface area (Å²) in [6.45, 7) is 5.28. The van der Waals surface area contributed by atoms with E-state index in [4.69, 9.17) is 9.47 Å². The standard InChI is InChI=1S/C54H49N2O2/c1-57-32-35-12-2-3-15-38(35)51-43-28-36-26-33-13-8-22-55-24-10-16-39(52(33)55)41(36)30-47(43)54(45-18-4-6-20-49(45)58-50-21-7-5-19-46(50)54)48-31-42-37(29-44(48)51)27-34-14-9-23-56-25-11-17-40(42)53(34)56/h4-7,12,15,18-21,26-31H,2-3,8-11,13-14,16-17,22-25,32H2,1H3/q+1. The molecule has 0 bridgehead atoms. The lowest BCUT2D eigenvalue weighted by molar-refractivity contribution is 0.227. The summed E-state index contributed by atoms with van der Waals surface area (Å²) in [7, 11) is 1.85. The lowest BCUT2D eigenvalue weighted by Gasteiger charge is -2.46. The Kier molecular flexibility index (Phi) is 7.24. The van der Waals surface area contributed by atoms with Crippen LogP contribution < -0.4 is 24.8 Å². The Morgan fingerprint density at radius 1 is 0.672 bits per heavy atom. The van der Waals surface area contributed by atoms with Crippen molar-refractivity contribution in [3.8, 4) is 11.5 Å². The monoisotopic (exact) mass is 757 g/mol. The van der Waals surface area contributed by atoms with Gasteiger partial charge in [-0.1, -0.05) is 48.6 Å². The maximum Gasteiger partial charge on any atom is 0.206 e. The van der Waals surface area contributed by atoms with Gasteiger partial charge < -0.3 is 14.4 Å². The van der Waals surface area contributed by atoms with E-state index in [-0.39, 0.29) is 0 Å². The molecule has 5 heterocycles. The molecule has 7 aliphatic rings. The molecule has 286 valence electrons. The molecule has 0 saturated heterocycles. The lowest BCUT2D eigenvalue weighted by atomic mass is 9.58. The first-order valence-corrected chi connectivity index (χ1v) is 22.1. The van der Waals surface area contributed by atoms with E-state index in [9.17, 15) is 0 Å². The Morgan fingerprint density at radius 2 is 1.34 bits per heavy atom. The molecule has 0 radical (unpaired) electrons. The van der Waals surface area contributed by atoms with Crippen LogP contribution in [0.1, 0.15) is 88.6 Å². The van der Waals surface area contributed by atoms with E-state index >= 15 is 0 Å². The van der Waals surface area contributed by atoms with Crippen LogP contribution in [0, 0.1) is 0 Å². The van der Waals surface area contributed by atoms with Crippen molar-refractivity contribution in [2.24, 2.45) is 0 Å². The molecule has 0 aromatic heterocycles. The Morgan fingerprint density at radius 3 is 2.17 bits per heavy atom. The fourth-order valence-corrected chi connectivity index (χ4v) is 12.8. The van der Waals surface area contributed by atoms with E-state index in [0.29, 0.717) is 6.61 Å². The topological polar surface area (TPSA) is 24.7 Å². The molecule has 5 aliphatic heterocycles. The maximum absolute atomic E-state index is 6.93. The van der Waals surface area contributed by atoms with Gasteiger partial charge in [0.05, 0.1) is 12.0 Å². The van der Waals surface area contributed by atoms with Crippen LogP contribution in [0.5, 0.6) is 11.5 Å². The Balaban J connectivity index is 1.27. The van der Waals surface area contributed by atoms with Crippen molar-refractivity contribution in [3.05, 3.63) is 169 Å². The van der Waals surface area contributed by atoms with Gasteiger partial charge in [-0.15, -0.1) is 0 Å². The van der Waals surface area contributed by atoms with Crippen molar-refractivity contribution < 1.29 is 9.47 Å². The van der Waals surface area contributed by atoms with Crippen LogP contribution in [0.3, 0.4) is 0 Å². The molecular weight excluding hydrogens is 709 g/mol. The summed E-state index contributed by atoms with van der Waals surface area (Å²) in [6.07, 6.45) is 16.5. The van der Waals surface area contributed by atoms with Crippen LogP contribution in [0.15, 0.2) is 108 Å². The van der Waals surface area contributed by atoms with Crippen LogP contribution >= 0.6 is 0 Å². The Hall–Kier alpha value is -5.45. The van der Waals surface area contributed by atoms with Gasteiger partial charge in [0, 0.05) is 61.0 Å². The second-order valence-electron chi connectivity index (χ2n) is 17.9. The number of fused-ring (bicyclic) bond motifs is 12. The van der Waals surface area contributed by atoms with E-state index in [1.54, 1.807) is 22.3 Å². The highest BCUT2D eigenvalue weighted by Gasteiger charge is 2.50. The SMILES string of the molecule is COCC1=CCCC=C1C1=c2cc3cc4c5c(c3cc2C2(c3ccccc3Oc3ccccc32)c2cc3c6c7c(cc3cc21)CCCN7CCC6)CCC[N+]=5CCC4. The summed E-state index contributed by atoms with van der Waals surface area (Å²) in [5.41, 5.74) is 17.7. The Labute approximate surface area is 340 Å². The molecule has 0 saturated carbocycles. The lowest BCUT2D eigenvalue weighted by Crippen LogP contribution is -2.44. The minimum Gasteiger partial charge on any atom is -0.457 e. The number of methoxy groups -OCH3 is 1. The third kappa shape index (κ3) is 4.47. The zero-order valence-electron chi connectivity index (χ0n) is 33.6. The number of benzene rings is 6. The molecule has 0 atom stereocenters. The number of hydrogen-bond acceptors (Lipinski definition) is 3. The van der Waals surface area contributed by atoms with Gasteiger partial charge >= 0.3 is 0 Å². The minimum atomic E-state index is -0.601. The van der Waals surface area contributed by atoms with Gasteiger partial charge in [0.1, 0.15) is 24.6 Å².